The molecule has 0 spiro atoms. The summed E-state index contributed by atoms with van der Waals surface area (Å²) in [4.78, 5) is 23.1. The average molecular weight is 873 g/mol. The number of benzene rings is 3. The molecule has 0 saturated heterocycles. The summed E-state index contributed by atoms with van der Waals surface area (Å²) >= 11 is 18.1. The Labute approximate surface area is 381 Å². The van der Waals surface area contributed by atoms with Crippen LogP contribution in [0.15, 0.2) is 84.3 Å². The van der Waals surface area contributed by atoms with Gasteiger partial charge in [0.2, 0.25) is 17.2 Å². The molecule has 0 bridgehead atoms. The first kappa shape index (κ1) is 47.6. The van der Waals surface area contributed by atoms with Crippen molar-refractivity contribution in [2.75, 3.05) is 10.6 Å². The number of aryl methyl sites for hydroxylation is 1. The minimum Gasteiger partial charge on any atom is -0.744 e. The maximum atomic E-state index is 13.2. The third-order valence-electron chi connectivity index (χ3n) is 6.30. The zero-order valence-electron chi connectivity index (χ0n) is 27.3. The summed E-state index contributed by atoms with van der Waals surface area (Å²) in [5.74, 6) is -0.323. The van der Waals surface area contributed by atoms with E-state index in [1.807, 2.05) is 0 Å². The molecule has 0 aliphatic heterocycles. The molecule has 2 aromatic heterocycles. The van der Waals surface area contributed by atoms with E-state index in [0.717, 1.165) is 41.1 Å². The first-order valence-electron chi connectivity index (χ1n) is 13.0. The van der Waals surface area contributed by atoms with Gasteiger partial charge in [-0.2, -0.15) is 15.0 Å². The van der Waals surface area contributed by atoms with Gasteiger partial charge in [-0.05, 0) is 73.1 Å². The summed E-state index contributed by atoms with van der Waals surface area (Å²) in [6, 6.07) is 9.53. The Balaban J connectivity index is 0.00000324. The molecule has 262 valence electrons. The summed E-state index contributed by atoms with van der Waals surface area (Å²) in [5.41, 5.74) is -1.58. The van der Waals surface area contributed by atoms with Crippen molar-refractivity contribution in [1.29, 1.82) is 0 Å². The Bertz CT molecular complexity index is 2610. The van der Waals surface area contributed by atoms with Crippen LogP contribution in [-0.2, 0) is 30.4 Å². The van der Waals surface area contributed by atoms with Crippen molar-refractivity contribution in [2.45, 2.75) is 21.6 Å². The van der Waals surface area contributed by atoms with Gasteiger partial charge in [-0.3, -0.25) is 9.89 Å². The number of nitrogens with one attached hydrogen (secondary N) is 3. The molecule has 0 fully saturated rings. The van der Waals surface area contributed by atoms with Crippen LogP contribution < -0.4 is 105 Å². The molecular weight excluding hydrogens is 858 g/mol. The van der Waals surface area contributed by atoms with Crippen molar-refractivity contribution in [3.63, 3.8) is 0 Å². The number of aromatic nitrogens is 5. The van der Waals surface area contributed by atoms with E-state index in [4.69, 9.17) is 34.8 Å². The molecule has 0 radical (unpaired) electrons. The van der Waals surface area contributed by atoms with E-state index >= 15 is 0 Å². The normalized spacial score (nSPS) is 11.7. The molecule has 2 heterocycles. The van der Waals surface area contributed by atoms with Crippen molar-refractivity contribution >= 4 is 99.8 Å². The fourth-order valence-corrected chi connectivity index (χ4v) is 6.65. The summed E-state index contributed by atoms with van der Waals surface area (Å²) in [6.07, 6.45) is 0. The first-order chi connectivity index (χ1) is 23.2. The number of H-pyrrole nitrogens is 1. The third-order valence-corrected chi connectivity index (χ3v) is 9.81. The van der Waals surface area contributed by atoms with Gasteiger partial charge in [-0.15, -0.1) is 10.2 Å². The molecular formula is C25H15Cl3N9Na3O10S3. The van der Waals surface area contributed by atoms with Crippen LogP contribution in [0.4, 0.5) is 34.6 Å². The summed E-state index contributed by atoms with van der Waals surface area (Å²) in [7, 11) is -14.8. The predicted molar refractivity (Wildman–Crippen MR) is 173 cm³/mol. The Hall–Kier alpha value is -1.52. The van der Waals surface area contributed by atoms with E-state index < -0.39 is 61.3 Å². The molecule has 3 aromatic carbocycles. The maximum Gasteiger partial charge on any atom is 1.00 e. The summed E-state index contributed by atoms with van der Waals surface area (Å²) in [6.45, 7) is 1.39. The first-order valence-corrected chi connectivity index (χ1v) is 18.4. The molecule has 28 heteroatoms. The van der Waals surface area contributed by atoms with Crippen LogP contribution in [0.25, 0.3) is 5.69 Å². The monoisotopic (exact) mass is 871 g/mol. The number of aromatic amines is 1. The van der Waals surface area contributed by atoms with Gasteiger partial charge in [0.1, 0.15) is 36.0 Å². The molecule has 53 heavy (non-hydrogen) atoms. The molecule has 5 rings (SSSR count). The molecule has 0 amide bonds. The van der Waals surface area contributed by atoms with E-state index in [0.29, 0.717) is 0 Å². The molecule has 0 atom stereocenters. The number of halogens is 3. The van der Waals surface area contributed by atoms with Crippen LogP contribution in [-0.4, -0.2) is 63.6 Å². The van der Waals surface area contributed by atoms with Gasteiger partial charge in [0, 0.05) is 11.4 Å². The van der Waals surface area contributed by atoms with Gasteiger partial charge in [-0.1, -0.05) is 23.2 Å². The van der Waals surface area contributed by atoms with Crippen LogP contribution in [0, 0.1) is 6.92 Å². The van der Waals surface area contributed by atoms with E-state index in [-0.39, 0.29) is 139 Å². The number of rotatable bonds is 10. The van der Waals surface area contributed by atoms with Gasteiger partial charge >= 0.3 is 88.7 Å². The second kappa shape index (κ2) is 18.6. The van der Waals surface area contributed by atoms with Crippen molar-refractivity contribution in [3.05, 3.63) is 86.0 Å². The SMILES string of the molecule is Cc1[nH]n(-c2cc(Cl)c(S(=O)(=O)[O-])cc2Cl)c(=O)c1N=Nc1cc(Nc2nc(Cl)nc(Nc3ccc(S(=O)(=O)[O-])cc3)n2)ccc1S(=O)(=O)[O-].[Na+].[Na+].[Na+]. The standard InChI is InChI=1S/C25H18Cl3N9O10S3.3Na/c1-11-21(22(38)37(36-11)18-9-16(27)20(10-15(18)26)50(45,46)47)35-34-17-8-13(4-7-19(17)49(42,43)44)30-25-32-23(28)31-24(33-25)29-12-2-5-14(6-3-12)48(39,40)41;;;/h2-10,36H,1H3,(H,39,40,41)(H,42,43,44)(H,45,46,47)(H2,29,30,31,32,33);;;/q;3*+1/p-3. The van der Waals surface area contributed by atoms with E-state index in [1.54, 1.807) is 0 Å². The topological polar surface area (TPSA) is 297 Å². The van der Waals surface area contributed by atoms with Gasteiger partial charge in [-0.25, -0.2) is 29.9 Å². The molecule has 5 aromatic rings. The molecule has 0 saturated carbocycles. The van der Waals surface area contributed by atoms with Crippen LogP contribution >= 0.6 is 34.8 Å². The molecule has 0 unspecified atom stereocenters. The number of hydrogen-bond donors (Lipinski definition) is 3. The second-order valence-electron chi connectivity index (χ2n) is 9.73. The number of anilines is 4. The van der Waals surface area contributed by atoms with Gasteiger partial charge in [0.05, 0.1) is 36.1 Å². The fraction of sp³-hybridized carbons (Fsp3) is 0.0400. The van der Waals surface area contributed by atoms with Crippen molar-refractivity contribution in [2.24, 2.45) is 10.2 Å². The van der Waals surface area contributed by atoms with E-state index in [2.05, 4.69) is 40.9 Å². The average Bonchev–Trinajstić information content (AvgIpc) is 3.27. The predicted octanol–water partition coefficient (Wildman–Crippen LogP) is -4.75. The zero-order chi connectivity index (χ0) is 36.8. The van der Waals surface area contributed by atoms with E-state index in [9.17, 15) is 43.7 Å². The van der Waals surface area contributed by atoms with Crippen LogP contribution in [0.3, 0.4) is 0 Å². The van der Waals surface area contributed by atoms with Crippen LogP contribution in [0.1, 0.15) is 5.69 Å². The van der Waals surface area contributed by atoms with Crippen molar-refractivity contribution in [3.8, 4) is 5.69 Å². The third kappa shape index (κ3) is 11.8. The quantitative estimate of drug-likeness (QED) is 0.0675. The maximum absolute atomic E-state index is 13.2. The summed E-state index contributed by atoms with van der Waals surface area (Å²) < 4.78 is 105. The number of azo groups is 1. The van der Waals surface area contributed by atoms with Gasteiger partial charge < -0.3 is 24.3 Å². The van der Waals surface area contributed by atoms with Gasteiger partial charge in [0.15, 0.2) is 5.69 Å². The molecule has 19 nitrogen and oxygen atoms in total. The minimum atomic E-state index is -5.13. The van der Waals surface area contributed by atoms with Crippen LogP contribution in [0.5, 0.6) is 0 Å². The van der Waals surface area contributed by atoms with Gasteiger partial charge in [0.25, 0.3) is 5.56 Å². The number of hydrogen-bond acceptors (Lipinski definition) is 17. The zero-order valence-corrected chi connectivity index (χ0v) is 38.0. The molecule has 0 aliphatic carbocycles. The Morgan fingerprint density at radius 2 is 1.25 bits per heavy atom. The fourth-order valence-electron chi connectivity index (χ4n) is 4.12. The number of nitrogens with zero attached hydrogens (tertiary/aromatic N) is 6. The summed E-state index contributed by atoms with van der Waals surface area (Å²) in [5, 5.41) is 14.5. The van der Waals surface area contributed by atoms with Crippen molar-refractivity contribution in [1.82, 2.24) is 24.7 Å². The Kier molecular flexibility index (Phi) is 16.7. The molecule has 3 N–H and O–H groups in total. The minimum absolute atomic E-state index is 0. The smallest absolute Gasteiger partial charge is 0.744 e. The Morgan fingerprint density at radius 1 is 0.698 bits per heavy atom. The second-order valence-corrected chi connectivity index (χ2v) is 15.0. The Morgan fingerprint density at radius 3 is 1.79 bits per heavy atom. The van der Waals surface area contributed by atoms with E-state index in [1.165, 1.54) is 25.1 Å². The largest absolute Gasteiger partial charge is 1.00 e. The molecule has 0 aliphatic rings. The van der Waals surface area contributed by atoms with Crippen molar-refractivity contribution < 1.29 is 128 Å². The van der Waals surface area contributed by atoms with Crippen LogP contribution in [0.2, 0.25) is 15.3 Å².